The van der Waals surface area contributed by atoms with Gasteiger partial charge in [0.05, 0.1) is 35.1 Å². The van der Waals surface area contributed by atoms with Gasteiger partial charge in [-0.2, -0.15) is 0 Å². The summed E-state index contributed by atoms with van der Waals surface area (Å²) in [4.78, 5) is 44.6. The van der Waals surface area contributed by atoms with Crippen molar-refractivity contribution in [1.82, 2.24) is 29.4 Å². The molecule has 1 aliphatic heterocycles. The summed E-state index contributed by atoms with van der Waals surface area (Å²) in [5.74, 6) is -0.899. The minimum Gasteiger partial charge on any atom is -0.444 e. The number of carbonyl (C=O) groups excluding carboxylic acids is 2. The van der Waals surface area contributed by atoms with Crippen LogP contribution >= 0.6 is 11.6 Å². The van der Waals surface area contributed by atoms with Crippen molar-refractivity contribution in [1.29, 1.82) is 0 Å². The number of aromatic nitrogens is 5. The molecule has 50 heavy (non-hydrogen) atoms. The number of fused-ring (bicyclic) bond motifs is 2. The van der Waals surface area contributed by atoms with Crippen molar-refractivity contribution in [2.45, 2.75) is 59.3 Å². The number of ether oxygens (including phenoxy) is 1. The molecule has 5 aromatic rings. The number of rotatable bonds is 7. The predicted octanol–water partition coefficient (Wildman–Crippen LogP) is 7.11. The van der Waals surface area contributed by atoms with E-state index >= 15 is 0 Å². The maximum atomic E-state index is 13.7. The Labute approximate surface area is 291 Å². The highest BCUT2D eigenvalue weighted by molar-refractivity contribution is 6.36. The summed E-state index contributed by atoms with van der Waals surface area (Å²) in [7, 11) is 1.76. The van der Waals surface area contributed by atoms with Gasteiger partial charge in [0.2, 0.25) is 0 Å². The molecule has 3 aromatic heterocycles. The van der Waals surface area contributed by atoms with Crippen LogP contribution < -0.4 is 10.6 Å². The lowest BCUT2D eigenvalue weighted by molar-refractivity contribution is 0.0220. The second-order valence-electron chi connectivity index (χ2n) is 12.9. The van der Waals surface area contributed by atoms with Crippen molar-refractivity contribution < 1.29 is 28.2 Å². The minimum atomic E-state index is -2.93. The van der Waals surface area contributed by atoms with Gasteiger partial charge < -0.3 is 29.9 Å². The molecule has 15 heteroatoms. The maximum Gasteiger partial charge on any atom is 0.410 e. The van der Waals surface area contributed by atoms with Crippen LogP contribution in [0, 0.1) is 6.92 Å². The van der Waals surface area contributed by atoms with E-state index in [0.717, 1.165) is 11.3 Å². The molecule has 0 atom stereocenters. The topological polar surface area (TPSA) is 147 Å². The van der Waals surface area contributed by atoms with Crippen LogP contribution in [-0.4, -0.2) is 58.7 Å². The molecule has 1 aliphatic rings. The van der Waals surface area contributed by atoms with Crippen LogP contribution in [0.3, 0.4) is 0 Å². The fourth-order valence-corrected chi connectivity index (χ4v) is 6.04. The van der Waals surface area contributed by atoms with Gasteiger partial charge >= 0.3 is 6.09 Å². The van der Waals surface area contributed by atoms with E-state index in [0.29, 0.717) is 46.7 Å². The molecule has 0 bridgehead atoms. The van der Waals surface area contributed by atoms with Crippen LogP contribution in [0.25, 0.3) is 22.2 Å². The molecule has 12 nitrogen and oxygen atoms in total. The van der Waals surface area contributed by atoms with Gasteiger partial charge in [-0.05, 0) is 62.6 Å². The van der Waals surface area contributed by atoms with Crippen LogP contribution in [-0.2, 0) is 31.4 Å². The third kappa shape index (κ3) is 6.94. The lowest BCUT2D eigenvalue weighted by Gasteiger charge is -2.29. The summed E-state index contributed by atoms with van der Waals surface area (Å²) < 4.78 is 34.7. The van der Waals surface area contributed by atoms with Crippen molar-refractivity contribution in [3.05, 3.63) is 87.8 Å². The fraction of sp³-hybridized carbons (Fsp3) is 0.314. The van der Waals surface area contributed by atoms with E-state index in [-0.39, 0.29) is 40.8 Å². The number of aliphatic hydroxyl groups excluding tert-OH is 1. The second-order valence-corrected chi connectivity index (χ2v) is 13.2. The average molecular weight is 705 g/mol. The van der Waals surface area contributed by atoms with E-state index in [1.165, 1.54) is 12.3 Å². The number of nitrogens with one attached hydrogen (secondary N) is 2. The number of carbonyl (C=O) groups is 2. The van der Waals surface area contributed by atoms with Gasteiger partial charge in [0, 0.05) is 43.2 Å². The van der Waals surface area contributed by atoms with Crippen molar-refractivity contribution in [3.8, 4) is 11.1 Å². The molecule has 0 spiro atoms. The Morgan fingerprint density at radius 3 is 2.50 bits per heavy atom. The normalized spacial score (nSPS) is 13.0. The van der Waals surface area contributed by atoms with E-state index in [4.69, 9.17) is 16.3 Å². The van der Waals surface area contributed by atoms with E-state index in [9.17, 15) is 23.5 Å². The number of amides is 2. The first-order chi connectivity index (χ1) is 23.7. The number of alkyl halides is 2. The number of anilines is 3. The number of aliphatic hydroxyl groups is 1. The minimum absolute atomic E-state index is 0.0779. The summed E-state index contributed by atoms with van der Waals surface area (Å²) in [5, 5.41) is 15.8. The maximum absolute atomic E-state index is 13.7. The number of halogens is 3. The summed E-state index contributed by atoms with van der Waals surface area (Å²) in [6, 6.07) is 12.1. The zero-order chi connectivity index (χ0) is 35.9. The van der Waals surface area contributed by atoms with Gasteiger partial charge in [0.25, 0.3) is 12.3 Å². The monoisotopic (exact) mass is 704 g/mol. The van der Waals surface area contributed by atoms with Crippen LogP contribution in [0.4, 0.5) is 30.8 Å². The van der Waals surface area contributed by atoms with Crippen LogP contribution in [0.1, 0.15) is 66.2 Å². The first-order valence-corrected chi connectivity index (χ1v) is 16.2. The van der Waals surface area contributed by atoms with Crippen molar-refractivity contribution >= 4 is 51.8 Å². The standard InChI is InChI=1S/C35H35ClF2N8O4/c1-18-20(8-6-10-22(18)40-30-28-24(14-19(17-47)15-39-28)41-31(44-30)29(37)38)21-9-7-11-23(27(21)36)43-33(48)32-42-25-16-46(13-12-26(25)45(32)5)34(49)50-35(2,3)4/h6-11,14-15,29,47H,12-13,16-17H2,1-5H3,(H,43,48)(H,40,41,44). The van der Waals surface area contributed by atoms with Crippen molar-refractivity contribution in [2.75, 3.05) is 17.2 Å². The number of pyridine rings is 1. The number of hydrogen-bond donors (Lipinski definition) is 3. The largest absolute Gasteiger partial charge is 0.444 e. The van der Waals surface area contributed by atoms with Crippen LogP contribution in [0.5, 0.6) is 0 Å². The first kappa shape index (κ1) is 34.6. The highest BCUT2D eigenvalue weighted by atomic mass is 35.5. The summed E-state index contributed by atoms with van der Waals surface area (Å²) >= 11 is 6.91. The number of benzene rings is 2. The zero-order valence-electron chi connectivity index (χ0n) is 28.0. The molecule has 0 fully saturated rings. The third-order valence-electron chi connectivity index (χ3n) is 8.22. The Morgan fingerprint density at radius 2 is 1.80 bits per heavy atom. The van der Waals surface area contributed by atoms with Crippen LogP contribution in [0.15, 0.2) is 48.7 Å². The van der Waals surface area contributed by atoms with Crippen molar-refractivity contribution in [3.63, 3.8) is 0 Å². The SMILES string of the molecule is Cc1c(Nc2nc(C(F)F)nc3cc(CO)cnc23)cccc1-c1cccc(NC(=O)c2nc3c(n2C)CCN(C(=O)OC(C)(C)C)C3)c1Cl. The summed E-state index contributed by atoms with van der Waals surface area (Å²) in [6.45, 7) is 7.60. The van der Waals surface area contributed by atoms with Gasteiger partial charge in [-0.3, -0.25) is 9.78 Å². The highest BCUT2D eigenvalue weighted by Gasteiger charge is 2.30. The number of hydrogen-bond acceptors (Lipinski definition) is 9. The molecule has 0 aliphatic carbocycles. The summed E-state index contributed by atoms with van der Waals surface area (Å²) in [6.07, 6.45) is -1.42. The molecule has 260 valence electrons. The Morgan fingerprint density at radius 1 is 1.08 bits per heavy atom. The Balaban J connectivity index is 1.26. The molecule has 6 rings (SSSR count). The smallest absolute Gasteiger partial charge is 0.410 e. The summed E-state index contributed by atoms with van der Waals surface area (Å²) in [5.41, 5.74) is 4.66. The zero-order valence-corrected chi connectivity index (χ0v) is 28.8. The Hall–Kier alpha value is -5.21. The molecule has 0 saturated carbocycles. The number of nitrogens with zero attached hydrogens (tertiary/aromatic N) is 6. The predicted molar refractivity (Wildman–Crippen MR) is 185 cm³/mol. The van der Waals surface area contributed by atoms with Crippen molar-refractivity contribution in [2.24, 2.45) is 7.05 Å². The second kappa shape index (κ2) is 13.6. The molecule has 2 aromatic carbocycles. The molecule has 4 heterocycles. The molecule has 0 radical (unpaired) electrons. The highest BCUT2D eigenvalue weighted by Crippen LogP contribution is 2.38. The molecule has 0 saturated heterocycles. The van der Waals surface area contributed by atoms with E-state index in [1.807, 2.05) is 19.1 Å². The molecular weight excluding hydrogens is 670 g/mol. The van der Waals surface area contributed by atoms with E-state index in [2.05, 4.69) is 30.6 Å². The van der Waals surface area contributed by atoms with E-state index in [1.54, 1.807) is 61.6 Å². The molecular formula is C35H35ClF2N8O4. The number of imidazole rings is 1. The quantitative estimate of drug-likeness (QED) is 0.161. The Kier molecular flexibility index (Phi) is 9.42. The van der Waals surface area contributed by atoms with E-state index < -0.39 is 29.9 Å². The molecule has 2 amide bonds. The van der Waals surface area contributed by atoms with Crippen LogP contribution in [0.2, 0.25) is 5.02 Å². The Bertz CT molecular complexity index is 2130. The average Bonchev–Trinajstić information content (AvgIpc) is 3.41. The fourth-order valence-electron chi connectivity index (χ4n) is 5.77. The van der Waals surface area contributed by atoms with Gasteiger partial charge in [-0.15, -0.1) is 0 Å². The molecule has 3 N–H and O–H groups in total. The van der Waals surface area contributed by atoms with Gasteiger partial charge in [0.1, 0.15) is 11.1 Å². The third-order valence-corrected chi connectivity index (χ3v) is 8.63. The van der Waals surface area contributed by atoms with Gasteiger partial charge in [0.15, 0.2) is 17.5 Å². The molecule has 0 unspecified atom stereocenters. The lowest BCUT2D eigenvalue weighted by atomic mass is 9.98. The first-order valence-electron chi connectivity index (χ1n) is 15.8. The van der Waals surface area contributed by atoms with Gasteiger partial charge in [-0.25, -0.2) is 28.5 Å². The van der Waals surface area contributed by atoms with Gasteiger partial charge in [-0.1, -0.05) is 35.9 Å². The lowest BCUT2D eigenvalue weighted by Crippen LogP contribution is -2.40.